The molecule has 7 heteroatoms. The van der Waals surface area contributed by atoms with E-state index in [-0.39, 0.29) is 5.28 Å². The maximum Gasteiger partial charge on any atom is 0.231 e. The number of likely N-dealkylation sites (N-methyl/N-ethyl adjacent to an activating group) is 1. The van der Waals surface area contributed by atoms with E-state index in [0.29, 0.717) is 18.5 Å². The van der Waals surface area contributed by atoms with Crippen LogP contribution in [0.2, 0.25) is 5.28 Å². The molecule has 0 aliphatic heterocycles. The zero-order valence-electron chi connectivity index (χ0n) is 13.0. The first-order chi connectivity index (χ1) is 10.1. The topological polar surface area (TPSA) is 54.4 Å². The van der Waals surface area contributed by atoms with Gasteiger partial charge in [0.2, 0.25) is 17.2 Å². The van der Waals surface area contributed by atoms with E-state index in [0.717, 1.165) is 32.2 Å². The Kier molecular flexibility index (Phi) is 5.99. The van der Waals surface area contributed by atoms with Crippen LogP contribution in [0, 0.1) is 5.92 Å². The average Bonchev–Trinajstić information content (AvgIpc) is 3.28. The van der Waals surface area contributed by atoms with E-state index in [1.807, 2.05) is 11.9 Å². The van der Waals surface area contributed by atoms with Gasteiger partial charge >= 0.3 is 0 Å². The summed E-state index contributed by atoms with van der Waals surface area (Å²) in [6, 6.07) is 0. The predicted molar refractivity (Wildman–Crippen MR) is 85.2 cm³/mol. The Labute approximate surface area is 131 Å². The fourth-order valence-corrected chi connectivity index (χ4v) is 2.14. The van der Waals surface area contributed by atoms with Crippen molar-refractivity contribution in [3.63, 3.8) is 0 Å². The predicted octanol–water partition coefficient (Wildman–Crippen LogP) is 2.23. The Morgan fingerprint density at radius 1 is 1.14 bits per heavy atom. The van der Waals surface area contributed by atoms with Crippen LogP contribution in [0.1, 0.15) is 26.7 Å². The fourth-order valence-electron chi connectivity index (χ4n) is 1.98. The highest BCUT2D eigenvalue weighted by Crippen LogP contribution is 2.28. The Morgan fingerprint density at radius 3 is 2.43 bits per heavy atom. The summed E-state index contributed by atoms with van der Waals surface area (Å²) >= 11 is 6.02. The molecule has 0 spiro atoms. The van der Waals surface area contributed by atoms with Crippen LogP contribution >= 0.6 is 11.6 Å². The van der Waals surface area contributed by atoms with Crippen molar-refractivity contribution in [3.8, 4) is 0 Å². The fraction of sp³-hybridized carbons (Fsp3) is 0.786. The summed E-state index contributed by atoms with van der Waals surface area (Å²) in [7, 11) is 1.94. The van der Waals surface area contributed by atoms with Gasteiger partial charge in [0.15, 0.2) is 0 Å². The second-order valence-electron chi connectivity index (χ2n) is 5.32. The molecule has 2 rings (SSSR count). The zero-order chi connectivity index (χ0) is 15.2. The summed E-state index contributed by atoms with van der Waals surface area (Å²) in [6.45, 7) is 8.10. The maximum absolute atomic E-state index is 6.02. The molecule has 0 unspecified atom stereocenters. The molecule has 0 aromatic carbocycles. The third kappa shape index (κ3) is 4.97. The molecule has 6 nitrogen and oxygen atoms in total. The van der Waals surface area contributed by atoms with Crippen LogP contribution in [-0.4, -0.2) is 54.8 Å². The van der Waals surface area contributed by atoms with Crippen molar-refractivity contribution >= 4 is 23.5 Å². The van der Waals surface area contributed by atoms with Crippen molar-refractivity contribution < 1.29 is 4.74 Å². The van der Waals surface area contributed by atoms with Crippen LogP contribution in [0.5, 0.6) is 0 Å². The van der Waals surface area contributed by atoms with Crippen LogP contribution in [-0.2, 0) is 4.74 Å². The van der Waals surface area contributed by atoms with Crippen molar-refractivity contribution in [3.05, 3.63) is 5.28 Å². The number of hydrogen-bond donors (Lipinski definition) is 0. The van der Waals surface area contributed by atoms with E-state index in [9.17, 15) is 0 Å². The normalized spacial score (nSPS) is 14.3. The molecule has 118 valence electrons. The van der Waals surface area contributed by atoms with Crippen molar-refractivity contribution in [2.24, 2.45) is 5.92 Å². The van der Waals surface area contributed by atoms with Crippen LogP contribution < -0.4 is 9.80 Å². The van der Waals surface area contributed by atoms with Gasteiger partial charge in [-0.1, -0.05) is 0 Å². The molecule has 0 atom stereocenters. The number of hydrogen-bond acceptors (Lipinski definition) is 6. The third-order valence-electron chi connectivity index (χ3n) is 3.59. The molecular weight excluding hydrogens is 290 g/mol. The lowest BCUT2D eigenvalue weighted by atomic mass is 10.5. The van der Waals surface area contributed by atoms with Gasteiger partial charge in [-0.25, -0.2) is 0 Å². The monoisotopic (exact) mass is 313 g/mol. The number of ether oxygens (including phenoxy) is 1. The van der Waals surface area contributed by atoms with Gasteiger partial charge in [0.25, 0.3) is 0 Å². The van der Waals surface area contributed by atoms with Crippen LogP contribution in [0.15, 0.2) is 0 Å². The summed E-state index contributed by atoms with van der Waals surface area (Å²) in [6.07, 6.45) is 2.62. The second kappa shape index (κ2) is 7.75. The van der Waals surface area contributed by atoms with Gasteiger partial charge < -0.3 is 14.5 Å². The number of aromatic nitrogens is 3. The standard InChI is InChI=1S/C14H24ClN5O/c1-4-20(5-2)14-17-12(15)16-13(18-14)19(3)8-9-21-10-11-6-7-11/h11H,4-10H2,1-3H3. The molecule has 1 heterocycles. The molecule has 0 N–H and O–H groups in total. The van der Waals surface area contributed by atoms with E-state index >= 15 is 0 Å². The highest BCUT2D eigenvalue weighted by molar-refractivity contribution is 6.28. The van der Waals surface area contributed by atoms with Crippen LogP contribution in [0.4, 0.5) is 11.9 Å². The number of halogens is 1. The first kappa shape index (κ1) is 16.2. The molecule has 0 saturated heterocycles. The average molecular weight is 314 g/mol. The van der Waals surface area contributed by atoms with Crippen molar-refractivity contribution in [2.75, 3.05) is 49.7 Å². The molecule has 1 aliphatic carbocycles. The number of anilines is 2. The summed E-state index contributed by atoms with van der Waals surface area (Å²) in [4.78, 5) is 16.9. The first-order valence-corrected chi connectivity index (χ1v) is 7.97. The minimum atomic E-state index is 0.229. The highest BCUT2D eigenvalue weighted by Gasteiger charge is 2.21. The van der Waals surface area contributed by atoms with E-state index in [4.69, 9.17) is 16.3 Å². The second-order valence-corrected chi connectivity index (χ2v) is 5.65. The van der Waals surface area contributed by atoms with Crippen LogP contribution in [0.25, 0.3) is 0 Å². The summed E-state index contributed by atoms with van der Waals surface area (Å²) in [5.41, 5.74) is 0. The Hall–Kier alpha value is -1.14. The van der Waals surface area contributed by atoms with E-state index < -0.39 is 0 Å². The molecule has 1 fully saturated rings. The van der Waals surface area contributed by atoms with Crippen molar-refractivity contribution in [1.82, 2.24) is 15.0 Å². The molecule has 1 aliphatic rings. The molecule has 21 heavy (non-hydrogen) atoms. The van der Waals surface area contributed by atoms with Gasteiger partial charge in [-0.3, -0.25) is 0 Å². The Balaban J connectivity index is 1.93. The molecule has 1 saturated carbocycles. The Morgan fingerprint density at radius 2 is 1.81 bits per heavy atom. The van der Waals surface area contributed by atoms with E-state index in [2.05, 4.69) is 33.7 Å². The summed E-state index contributed by atoms with van der Waals surface area (Å²) < 4.78 is 5.64. The lowest BCUT2D eigenvalue weighted by Gasteiger charge is -2.21. The van der Waals surface area contributed by atoms with Gasteiger partial charge in [-0.05, 0) is 44.2 Å². The first-order valence-electron chi connectivity index (χ1n) is 7.59. The third-order valence-corrected chi connectivity index (χ3v) is 3.76. The van der Waals surface area contributed by atoms with Crippen molar-refractivity contribution in [2.45, 2.75) is 26.7 Å². The summed E-state index contributed by atoms with van der Waals surface area (Å²) in [5, 5.41) is 0.229. The lowest BCUT2D eigenvalue weighted by molar-refractivity contribution is 0.130. The molecule has 0 radical (unpaired) electrons. The van der Waals surface area contributed by atoms with Crippen LogP contribution in [0.3, 0.4) is 0 Å². The van der Waals surface area contributed by atoms with Gasteiger partial charge in [0, 0.05) is 33.3 Å². The molecular formula is C14H24ClN5O. The van der Waals surface area contributed by atoms with Gasteiger partial charge in [0.05, 0.1) is 6.61 Å². The smallest absolute Gasteiger partial charge is 0.231 e. The largest absolute Gasteiger partial charge is 0.379 e. The quantitative estimate of drug-likeness (QED) is 0.652. The van der Waals surface area contributed by atoms with Gasteiger partial charge in [-0.2, -0.15) is 15.0 Å². The SMILES string of the molecule is CCN(CC)c1nc(Cl)nc(N(C)CCOCC2CC2)n1. The number of nitrogens with zero attached hydrogens (tertiary/aromatic N) is 5. The molecule has 1 aromatic rings. The summed E-state index contributed by atoms with van der Waals surface area (Å²) in [5.74, 6) is 2.00. The molecule has 0 bridgehead atoms. The minimum Gasteiger partial charge on any atom is -0.379 e. The lowest BCUT2D eigenvalue weighted by Crippen LogP contribution is -2.28. The highest BCUT2D eigenvalue weighted by atomic mass is 35.5. The zero-order valence-corrected chi connectivity index (χ0v) is 13.8. The maximum atomic E-state index is 6.02. The van der Waals surface area contributed by atoms with Crippen molar-refractivity contribution in [1.29, 1.82) is 0 Å². The van der Waals surface area contributed by atoms with Gasteiger partial charge in [0.1, 0.15) is 0 Å². The van der Waals surface area contributed by atoms with E-state index in [1.54, 1.807) is 0 Å². The Bertz CT molecular complexity index is 451. The number of rotatable bonds is 9. The molecule has 0 amide bonds. The van der Waals surface area contributed by atoms with Gasteiger partial charge in [-0.15, -0.1) is 0 Å². The molecule has 1 aromatic heterocycles. The minimum absolute atomic E-state index is 0.229. The van der Waals surface area contributed by atoms with E-state index in [1.165, 1.54) is 12.8 Å².